The normalized spacial score (nSPS) is 42.1. The molecule has 0 radical (unpaired) electrons. The van der Waals surface area contributed by atoms with Crippen molar-refractivity contribution in [3.8, 4) is 0 Å². The van der Waals surface area contributed by atoms with Crippen molar-refractivity contribution in [1.29, 1.82) is 0 Å². The molecule has 0 bridgehead atoms. The molecule has 180 valence electrons. The lowest BCUT2D eigenvalue weighted by atomic mass is 9.60. The molecule has 2 fully saturated rings. The Hall–Kier alpha value is -0.380. The Bertz CT molecular complexity index is 636. The van der Waals surface area contributed by atoms with Gasteiger partial charge < -0.3 is 15.3 Å². The number of fused-ring (bicyclic) bond motifs is 2. The van der Waals surface area contributed by atoms with Gasteiger partial charge in [0, 0.05) is 6.61 Å². The quantitative estimate of drug-likeness (QED) is 0.424. The molecule has 3 heteroatoms. The maximum Gasteiger partial charge on any atom is 0.0657 e. The standard InChI is InChI=1S/C28H50O3/c1-21(12-15-26(3,30)18-19-29)24-11-10-22-8-6-9-23-20-27(4,31)17-16-25(23,2)13-7-14-28(22,24)5/h9,21-22,24,29-31H,6-8,10-20H2,1-5H3. The van der Waals surface area contributed by atoms with Gasteiger partial charge in [-0.05, 0) is 119 Å². The lowest BCUT2D eigenvalue weighted by Crippen LogP contribution is -2.38. The van der Waals surface area contributed by atoms with Gasteiger partial charge in [0.2, 0.25) is 0 Å². The zero-order valence-electron chi connectivity index (χ0n) is 21.1. The first-order valence-corrected chi connectivity index (χ1v) is 13.2. The van der Waals surface area contributed by atoms with Crippen molar-refractivity contribution in [1.82, 2.24) is 0 Å². The van der Waals surface area contributed by atoms with E-state index in [0.717, 1.165) is 50.4 Å². The van der Waals surface area contributed by atoms with Crippen LogP contribution in [-0.2, 0) is 0 Å². The maximum atomic E-state index is 10.7. The second-order valence-electron chi connectivity index (χ2n) is 12.8. The topological polar surface area (TPSA) is 60.7 Å². The SMILES string of the molecule is CC(CCC(C)(O)CCO)C1CCC2CCC=C3CC(C)(O)CCC3(C)CCCC21C. The van der Waals surface area contributed by atoms with Crippen molar-refractivity contribution in [2.24, 2.45) is 28.6 Å². The van der Waals surface area contributed by atoms with Crippen LogP contribution in [0.25, 0.3) is 0 Å². The van der Waals surface area contributed by atoms with E-state index < -0.39 is 11.2 Å². The van der Waals surface area contributed by atoms with E-state index in [-0.39, 0.29) is 12.0 Å². The fraction of sp³-hybridized carbons (Fsp3) is 0.929. The summed E-state index contributed by atoms with van der Waals surface area (Å²) in [6.07, 6.45) is 16.7. The van der Waals surface area contributed by atoms with Crippen molar-refractivity contribution >= 4 is 0 Å². The molecule has 0 amide bonds. The third-order valence-corrected chi connectivity index (χ3v) is 9.99. The van der Waals surface area contributed by atoms with Crippen LogP contribution in [-0.4, -0.2) is 33.1 Å². The second-order valence-corrected chi connectivity index (χ2v) is 12.8. The predicted octanol–water partition coefficient (Wildman–Crippen LogP) is 6.40. The predicted molar refractivity (Wildman–Crippen MR) is 129 cm³/mol. The zero-order valence-corrected chi connectivity index (χ0v) is 21.1. The smallest absolute Gasteiger partial charge is 0.0657 e. The van der Waals surface area contributed by atoms with Gasteiger partial charge in [0.05, 0.1) is 11.2 Å². The summed E-state index contributed by atoms with van der Waals surface area (Å²) in [7, 11) is 0. The summed E-state index contributed by atoms with van der Waals surface area (Å²) in [6, 6.07) is 0. The van der Waals surface area contributed by atoms with E-state index >= 15 is 0 Å². The summed E-state index contributed by atoms with van der Waals surface area (Å²) in [6.45, 7) is 11.4. The van der Waals surface area contributed by atoms with Crippen LogP contribution in [0.1, 0.15) is 118 Å². The number of hydrogen-bond acceptors (Lipinski definition) is 3. The summed E-state index contributed by atoms with van der Waals surface area (Å²) < 4.78 is 0. The van der Waals surface area contributed by atoms with Gasteiger partial charge in [-0.15, -0.1) is 0 Å². The van der Waals surface area contributed by atoms with Crippen molar-refractivity contribution < 1.29 is 15.3 Å². The fourth-order valence-electron chi connectivity index (χ4n) is 7.59. The van der Waals surface area contributed by atoms with Crippen LogP contribution in [0.3, 0.4) is 0 Å². The Kier molecular flexibility index (Phi) is 7.71. The molecule has 0 aliphatic heterocycles. The fourth-order valence-corrected chi connectivity index (χ4v) is 7.59. The van der Waals surface area contributed by atoms with Crippen LogP contribution in [0, 0.1) is 28.6 Å². The molecule has 0 spiro atoms. The number of allylic oxidation sites excluding steroid dienone is 1. The summed E-state index contributed by atoms with van der Waals surface area (Å²) in [5.41, 5.74) is 0.949. The van der Waals surface area contributed by atoms with Crippen LogP contribution in [0.2, 0.25) is 0 Å². The average molecular weight is 435 g/mol. The van der Waals surface area contributed by atoms with Crippen LogP contribution < -0.4 is 0 Å². The average Bonchev–Trinajstić information content (AvgIpc) is 2.99. The van der Waals surface area contributed by atoms with Gasteiger partial charge in [-0.2, -0.15) is 0 Å². The minimum absolute atomic E-state index is 0.0638. The minimum Gasteiger partial charge on any atom is -0.396 e. The molecule has 3 N–H and O–H groups in total. The van der Waals surface area contributed by atoms with Gasteiger partial charge >= 0.3 is 0 Å². The summed E-state index contributed by atoms with van der Waals surface area (Å²) in [4.78, 5) is 0. The molecule has 7 unspecified atom stereocenters. The number of aliphatic hydroxyl groups excluding tert-OH is 1. The number of aliphatic hydroxyl groups is 3. The lowest BCUT2D eigenvalue weighted by molar-refractivity contribution is 0.00651. The molecule has 3 aliphatic carbocycles. The van der Waals surface area contributed by atoms with E-state index in [0.29, 0.717) is 17.8 Å². The first kappa shape index (κ1) is 25.2. The molecule has 0 heterocycles. The highest BCUT2D eigenvalue weighted by Crippen LogP contribution is 2.58. The van der Waals surface area contributed by atoms with Crippen LogP contribution in [0.4, 0.5) is 0 Å². The summed E-state index contributed by atoms with van der Waals surface area (Å²) in [5.74, 6) is 2.16. The third-order valence-electron chi connectivity index (χ3n) is 9.99. The maximum absolute atomic E-state index is 10.7. The highest BCUT2D eigenvalue weighted by molar-refractivity contribution is 5.20. The molecular formula is C28H50O3. The van der Waals surface area contributed by atoms with E-state index in [4.69, 9.17) is 0 Å². The van der Waals surface area contributed by atoms with Crippen LogP contribution in [0.15, 0.2) is 11.6 Å². The largest absolute Gasteiger partial charge is 0.396 e. The minimum atomic E-state index is -0.740. The van der Waals surface area contributed by atoms with Gasteiger partial charge in [0.25, 0.3) is 0 Å². The molecular weight excluding hydrogens is 384 g/mol. The first-order chi connectivity index (χ1) is 14.4. The van der Waals surface area contributed by atoms with E-state index in [1.54, 1.807) is 0 Å². The first-order valence-electron chi connectivity index (χ1n) is 13.2. The Morgan fingerprint density at radius 1 is 1.06 bits per heavy atom. The third kappa shape index (κ3) is 5.76. The molecule has 7 atom stereocenters. The highest BCUT2D eigenvalue weighted by Gasteiger charge is 2.48. The second kappa shape index (κ2) is 9.47. The Labute approximate surface area is 191 Å². The monoisotopic (exact) mass is 434 g/mol. The summed E-state index contributed by atoms with van der Waals surface area (Å²) >= 11 is 0. The lowest BCUT2D eigenvalue weighted by Gasteiger charge is -2.46. The highest BCUT2D eigenvalue weighted by atomic mass is 16.3. The van der Waals surface area contributed by atoms with Crippen molar-refractivity contribution in [2.75, 3.05) is 6.61 Å². The van der Waals surface area contributed by atoms with Crippen LogP contribution >= 0.6 is 0 Å². The molecule has 2 saturated carbocycles. The van der Waals surface area contributed by atoms with E-state index in [2.05, 4.69) is 26.8 Å². The molecule has 3 aliphatic rings. The molecule has 0 saturated heterocycles. The van der Waals surface area contributed by atoms with Gasteiger partial charge in [0.15, 0.2) is 0 Å². The van der Waals surface area contributed by atoms with Gasteiger partial charge in [-0.1, -0.05) is 38.8 Å². The van der Waals surface area contributed by atoms with E-state index in [1.807, 2.05) is 13.8 Å². The molecule has 0 aromatic heterocycles. The van der Waals surface area contributed by atoms with Crippen molar-refractivity contribution in [2.45, 2.75) is 129 Å². The molecule has 31 heavy (non-hydrogen) atoms. The van der Waals surface area contributed by atoms with Crippen LogP contribution in [0.5, 0.6) is 0 Å². The zero-order chi connectivity index (χ0) is 22.9. The molecule has 3 rings (SSSR count). The van der Waals surface area contributed by atoms with E-state index in [9.17, 15) is 15.3 Å². The number of rotatable bonds is 6. The number of hydrogen-bond donors (Lipinski definition) is 3. The van der Waals surface area contributed by atoms with Gasteiger partial charge in [-0.3, -0.25) is 0 Å². The molecule has 3 nitrogen and oxygen atoms in total. The Morgan fingerprint density at radius 3 is 2.52 bits per heavy atom. The Balaban J connectivity index is 1.70. The summed E-state index contributed by atoms with van der Waals surface area (Å²) in [5, 5.41) is 30.5. The molecule has 0 aromatic carbocycles. The van der Waals surface area contributed by atoms with Gasteiger partial charge in [0.1, 0.15) is 0 Å². The Morgan fingerprint density at radius 2 is 1.81 bits per heavy atom. The van der Waals surface area contributed by atoms with Crippen molar-refractivity contribution in [3.05, 3.63) is 11.6 Å². The van der Waals surface area contributed by atoms with E-state index in [1.165, 1.54) is 44.1 Å². The van der Waals surface area contributed by atoms with Crippen molar-refractivity contribution in [3.63, 3.8) is 0 Å². The molecule has 0 aromatic rings. The van der Waals surface area contributed by atoms with Gasteiger partial charge in [-0.25, -0.2) is 0 Å².